The zero-order valence-electron chi connectivity index (χ0n) is 14.5. The van der Waals surface area contributed by atoms with Crippen molar-refractivity contribution in [1.29, 1.82) is 0 Å². The highest BCUT2D eigenvalue weighted by Gasteiger charge is 2.57. The van der Waals surface area contributed by atoms with Crippen molar-refractivity contribution in [3.63, 3.8) is 0 Å². The van der Waals surface area contributed by atoms with Crippen molar-refractivity contribution < 1.29 is 4.74 Å². The number of ether oxygens (including phenoxy) is 1. The van der Waals surface area contributed by atoms with Gasteiger partial charge in [0.2, 0.25) is 0 Å². The number of likely N-dealkylation sites (tertiary alicyclic amines) is 1. The van der Waals surface area contributed by atoms with Crippen LogP contribution in [0.4, 0.5) is 0 Å². The number of nitrogens with zero attached hydrogens (tertiary/aromatic N) is 1. The van der Waals surface area contributed by atoms with E-state index in [0.717, 1.165) is 25.0 Å². The van der Waals surface area contributed by atoms with Crippen molar-refractivity contribution in [2.75, 3.05) is 19.8 Å². The maximum Gasteiger partial charge on any atom is 0.0712 e. The number of hydrogen-bond donors (Lipinski definition) is 0. The number of hydrogen-bond acceptors (Lipinski definition) is 2. The summed E-state index contributed by atoms with van der Waals surface area (Å²) in [5.41, 5.74) is 0.851. The molecule has 2 fully saturated rings. The molecule has 0 N–H and O–H groups in total. The Morgan fingerprint density at radius 3 is 2.15 bits per heavy atom. The second kappa shape index (κ2) is 5.96. The molecule has 2 saturated heterocycles. The van der Waals surface area contributed by atoms with E-state index in [1.54, 1.807) is 0 Å². The first-order valence-electron chi connectivity index (χ1n) is 8.79. The molecule has 0 aromatic carbocycles. The van der Waals surface area contributed by atoms with Crippen LogP contribution >= 0.6 is 0 Å². The van der Waals surface area contributed by atoms with Gasteiger partial charge in [0, 0.05) is 6.04 Å². The van der Waals surface area contributed by atoms with Crippen molar-refractivity contribution in [3.8, 4) is 0 Å². The molecule has 0 radical (unpaired) electrons. The molecular weight excluding hydrogens is 246 g/mol. The van der Waals surface area contributed by atoms with Crippen LogP contribution in [0.25, 0.3) is 0 Å². The second-order valence-electron chi connectivity index (χ2n) is 7.65. The van der Waals surface area contributed by atoms with Gasteiger partial charge in [-0.3, -0.25) is 4.90 Å². The van der Waals surface area contributed by atoms with E-state index in [9.17, 15) is 0 Å². The third-order valence-corrected chi connectivity index (χ3v) is 6.71. The molecule has 2 rings (SSSR count). The Balaban J connectivity index is 2.30. The molecule has 2 heterocycles. The highest BCUT2D eigenvalue weighted by Crippen LogP contribution is 2.52. The third kappa shape index (κ3) is 2.33. The summed E-state index contributed by atoms with van der Waals surface area (Å²) >= 11 is 0. The van der Waals surface area contributed by atoms with Crippen LogP contribution in [0.5, 0.6) is 0 Å². The minimum Gasteiger partial charge on any atom is -0.377 e. The van der Waals surface area contributed by atoms with Gasteiger partial charge in [-0.25, -0.2) is 0 Å². The van der Waals surface area contributed by atoms with Crippen LogP contribution in [-0.4, -0.2) is 36.2 Å². The van der Waals surface area contributed by atoms with E-state index in [2.05, 4.69) is 46.4 Å². The molecule has 2 aliphatic heterocycles. The molecule has 0 bridgehead atoms. The molecule has 0 amide bonds. The van der Waals surface area contributed by atoms with Gasteiger partial charge in [0.05, 0.1) is 18.8 Å². The smallest absolute Gasteiger partial charge is 0.0712 e. The zero-order valence-corrected chi connectivity index (χ0v) is 14.5. The quantitative estimate of drug-likeness (QED) is 0.743. The maximum absolute atomic E-state index is 5.71. The monoisotopic (exact) mass is 281 g/mol. The van der Waals surface area contributed by atoms with Crippen LogP contribution in [0.2, 0.25) is 0 Å². The standard InChI is InChI=1S/C18H35NO/c1-7-15-16(17(6,8-2)9-3)10-11-19(14(4)5)18(15)12-20-13-18/h14-16H,7-13H2,1-6H3. The SMILES string of the molecule is CCC1C(C(C)(CC)CC)CCN(C(C)C)C12COC2. The average Bonchev–Trinajstić information content (AvgIpc) is 2.42. The van der Waals surface area contributed by atoms with E-state index >= 15 is 0 Å². The topological polar surface area (TPSA) is 12.5 Å². The Bertz CT molecular complexity index is 317. The lowest BCUT2D eigenvalue weighted by Crippen LogP contribution is -2.72. The van der Waals surface area contributed by atoms with Crippen LogP contribution in [0.1, 0.15) is 67.2 Å². The van der Waals surface area contributed by atoms with Crippen LogP contribution in [0.15, 0.2) is 0 Å². The highest BCUT2D eigenvalue weighted by molar-refractivity contribution is 5.09. The van der Waals surface area contributed by atoms with Crippen molar-refractivity contribution in [3.05, 3.63) is 0 Å². The van der Waals surface area contributed by atoms with E-state index in [1.165, 1.54) is 32.2 Å². The first-order chi connectivity index (χ1) is 9.45. The van der Waals surface area contributed by atoms with Crippen molar-refractivity contribution in [2.45, 2.75) is 78.8 Å². The second-order valence-corrected chi connectivity index (χ2v) is 7.65. The summed E-state index contributed by atoms with van der Waals surface area (Å²) in [5.74, 6) is 1.67. The van der Waals surface area contributed by atoms with Gasteiger partial charge in [-0.15, -0.1) is 0 Å². The fourth-order valence-corrected chi connectivity index (χ4v) is 5.03. The van der Waals surface area contributed by atoms with E-state index in [4.69, 9.17) is 4.74 Å². The zero-order chi connectivity index (χ0) is 15.0. The third-order valence-electron chi connectivity index (χ3n) is 6.71. The predicted molar refractivity (Wildman–Crippen MR) is 86.0 cm³/mol. The van der Waals surface area contributed by atoms with Gasteiger partial charge in [0.1, 0.15) is 0 Å². The molecule has 2 nitrogen and oxygen atoms in total. The largest absolute Gasteiger partial charge is 0.377 e. The van der Waals surface area contributed by atoms with Crippen molar-refractivity contribution in [1.82, 2.24) is 4.90 Å². The van der Waals surface area contributed by atoms with Crippen molar-refractivity contribution in [2.24, 2.45) is 17.3 Å². The van der Waals surface area contributed by atoms with Gasteiger partial charge >= 0.3 is 0 Å². The van der Waals surface area contributed by atoms with E-state index in [-0.39, 0.29) is 0 Å². The van der Waals surface area contributed by atoms with Crippen LogP contribution in [0, 0.1) is 17.3 Å². The van der Waals surface area contributed by atoms with E-state index in [1.807, 2.05) is 0 Å². The minimum atomic E-state index is 0.345. The molecule has 2 atom stereocenters. The summed E-state index contributed by atoms with van der Waals surface area (Å²) in [6.07, 6.45) is 5.29. The van der Waals surface area contributed by atoms with E-state index in [0.29, 0.717) is 17.0 Å². The summed E-state index contributed by atoms with van der Waals surface area (Å²) < 4.78 is 5.71. The maximum atomic E-state index is 5.71. The van der Waals surface area contributed by atoms with Gasteiger partial charge in [-0.2, -0.15) is 0 Å². The molecule has 20 heavy (non-hydrogen) atoms. The minimum absolute atomic E-state index is 0.345. The molecule has 2 unspecified atom stereocenters. The lowest BCUT2D eigenvalue weighted by atomic mass is 9.57. The average molecular weight is 281 g/mol. The van der Waals surface area contributed by atoms with E-state index < -0.39 is 0 Å². The van der Waals surface area contributed by atoms with Crippen LogP contribution < -0.4 is 0 Å². The lowest BCUT2D eigenvalue weighted by molar-refractivity contribution is -0.218. The summed E-state index contributed by atoms with van der Waals surface area (Å²) in [4.78, 5) is 2.76. The molecular formula is C18H35NO. The number of piperidine rings is 1. The molecule has 2 aliphatic rings. The first-order valence-corrected chi connectivity index (χ1v) is 8.79. The molecule has 118 valence electrons. The first kappa shape index (κ1) is 16.3. The Morgan fingerprint density at radius 1 is 1.20 bits per heavy atom. The van der Waals surface area contributed by atoms with Gasteiger partial charge < -0.3 is 4.74 Å². The van der Waals surface area contributed by atoms with Gasteiger partial charge in [-0.05, 0) is 44.1 Å². The molecule has 0 saturated carbocycles. The fraction of sp³-hybridized carbons (Fsp3) is 1.00. The molecule has 0 aromatic heterocycles. The van der Waals surface area contributed by atoms with Gasteiger partial charge in [-0.1, -0.05) is 47.0 Å². The van der Waals surface area contributed by atoms with Gasteiger partial charge in [0.25, 0.3) is 0 Å². The normalized spacial score (nSPS) is 30.8. The van der Waals surface area contributed by atoms with Crippen molar-refractivity contribution >= 4 is 0 Å². The molecule has 1 spiro atoms. The Morgan fingerprint density at radius 2 is 1.80 bits per heavy atom. The highest BCUT2D eigenvalue weighted by atomic mass is 16.5. The Kier molecular flexibility index (Phi) is 4.86. The summed E-state index contributed by atoms with van der Waals surface area (Å²) in [5, 5.41) is 0. The van der Waals surface area contributed by atoms with Gasteiger partial charge in [0.15, 0.2) is 0 Å². The summed E-state index contributed by atoms with van der Waals surface area (Å²) in [6, 6.07) is 0.642. The Hall–Kier alpha value is -0.0800. The number of rotatable bonds is 5. The summed E-state index contributed by atoms with van der Waals surface area (Å²) in [6.45, 7) is 17.6. The van der Waals surface area contributed by atoms with Crippen LogP contribution in [0.3, 0.4) is 0 Å². The fourth-order valence-electron chi connectivity index (χ4n) is 5.03. The summed E-state index contributed by atoms with van der Waals surface area (Å²) in [7, 11) is 0. The molecule has 2 heteroatoms. The lowest BCUT2D eigenvalue weighted by Gasteiger charge is -2.63. The molecule has 0 aliphatic carbocycles. The predicted octanol–water partition coefficient (Wildman–Crippen LogP) is 4.34. The molecule has 0 aromatic rings. The Labute approximate surface area is 126 Å². The van der Waals surface area contributed by atoms with Crippen LogP contribution in [-0.2, 0) is 4.74 Å².